The van der Waals surface area contributed by atoms with E-state index < -0.39 is 0 Å². The Bertz CT molecular complexity index is 168. The van der Waals surface area contributed by atoms with Crippen LogP contribution < -0.4 is 0 Å². The molecule has 1 aliphatic rings. The van der Waals surface area contributed by atoms with Crippen LogP contribution in [0.2, 0.25) is 0 Å². The predicted molar refractivity (Wildman–Crippen MR) is 33.6 cm³/mol. The van der Waals surface area contributed by atoms with E-state index >= 15 is 0 Å². The Kier molecular flexibility index (Phi) is 1.68. The summed E-state index contributed by atoms with van der Waals surface area (Å²) in [6.07, 6.45) is 4.57. The van der Waals surface area contributed by atoms with E-state index in [1.807, 2.05) is 0 Å². The molecule has 0 saturated carbocycles. The van der Waals surface area contributed by atoms with Crippen LogP contribution in [0.4, 0.5) is 0 Å². The second-order valence-electron chi connectivity index (χ2n) is 1.84. The number of rotatable bonds is 1. The van der Waals surface area contributed by atoms with Gasteiger partial charge in [-0.1, -0.05) is 12.7 Å². The summed E-state index contributed by atoms with van der Waals surface area (Å²) in [4.78, 5) is 10.4. The number of allylic oxidation sites excluding steroid dienone is 3. The quantitative estimate of drug-likeness (QED) is 0.494. The lowest BCUT2D eigenvalue weighted by Gasteiger charge is -1.89. The lowest BCUT2D eigenvalue weighted by molar-refractivity contribution is -0.135. The van der Waals surface area contributed by atoms with Gasteiger partial charge in [0, 0.05) is 6.42 Å². The van der Waals surface area contributed by atoms with Gasteiger partial charge in [-0.3, -0.25) is 4.79 Å². The van der Waals surface area contributed by atoms with Gasteiger partial charge in [-0.25, -0.2) is 0 Å². The molecule has 1 rings (SSSR count). The van der Waals surface area contributed by atoms with Crippen LogP contribution in [-0.2, 0) is 9.53 Å². The summed E-state index contributed by atoms with van der Waals surface area (Å²) in [5.41, 5.74) is 0. The zero-order chi connectivity index (χ0) is 6.69. The van der Waals surface area contributed by atoms with Gasteiger partial charge in [-0.2, -0.15) is 0 Å². The predicted octanol–water partition coefficient (Wildman–Crippen LogP) is 1.39. The Morgan fingerprint density at radius 3 is 2.78 bits per heavy atom. The molecular weight excluding hydrogens is 116 g/mol. The molecule has 1 aliphatic heterocycles. The van der Waals surface area contributed by atoms with E-state index in [2.05, 4.69) is 6.58 Å². The van der Waals surface area contributed by atoms with E-state index in [9.17, 15) is 4.79 Å². The fraction of sp³-hybridized carbons (Fsp3) is 0.286. The van der Waals surface area contributed by atoms with E-state index in [0.717, 1.165) is 12.2 Å². The third-order valence-corrected chi connectivity index (χ3v) is 1.12. The topological polar surface area (TPSA) is 26.3 Å². The maximum atomic E-state index is 10.4. The van der Waals surface area contributed by atoms with Gasteiger partial charge in [0.1, 0.15) is 5.76 Å². The van der Waals surface area contributed by atoms with Crippen molar-refractivity contribution >= 4 is 5.97 Å². The maximum Gasteiger partial charge on any atom is 0.311 e. The smallest absolute Gasteiger partial charge is 0.311 e. The lowest BCUT2D eigenvalue weighted by Crippen LogP contribution is -1.88. The molecule has 1 heterocycles. The molecule has 0 bridgehead atoms. The van der Waals surface area contributed by atoms with Gasteiger partial charge in [-0.15, -0.1) is 0 Å². The molecule has 0 radical (unpaired) electrons. The number of esters is 1. The largest absolute Gasteiger partial charge is 0.431 e. The molecule has 0 aromatic carbocycles. The molecule has 0 atom stereocenters. The van der Waals surface area contributed by atoms with Crippen LogP contribution in [0.3, 0.4) is 0 Å². The molecule has 2 nitrogen and oxygen atoms in total. The van der Waals surface area contributed by atoms with Crippen LogP contribution in [0.1, 0.15) is 12.8 Å². The Hall–Kier alpha value is -1.05. The first-order valence-corrected chi connectivity index (χ1v) is 2.85. The standard InChI is InChI=1S/C7H8O2/c1-2-3-6-4-5-7(8)9-6/h2-3H,1,4-5H2/b6-3-. The number of hydrogen-bond acceptors (Lipinski definition) is 2. The molecule has 1 saturated heterocycles. The van der Waals surface area contributed by atoms with Gasteiger partial charge in [0.2, 0.25) is 0 Å². The van der Waals surface area contributed by atoms with Crippen molar-refractivity contribution in [2.24, 2.45) is 0 Å². The fourth-order valence-electron chi connectivity index (χ4n) is 0.722. The highest BCUT2D eigenvalue weighted by molar-refractivity contribution is 5.73. The Balaban J connectivity index is 2.57. The SMILES string of the molecule is C=C/C=C1/CCC(=O)O1. The summed E-state index contributed by atoms with van der Waals surface area (Å²) in [6, 6.07) is 0. The molecule has 0 N–H and O–H groups in total. The summed E-state index contributed by atoms with van der Waals surface area (Å²) >= 11 is 0. The van der Waals surface area contributed by atoms with Crippen molar-refractivity contribution in [3.05, 3.63) is 24.5 Å². The van der Waals surface area contributed by atoms with Crippen molar-refractivity contribution in [3.63, 3.8) is 0 Å². The molecule has 0 amide bonds. The minimum Gasteiger partial charge on any atom is -0.431 e. The van der Waals surface area contributed by atoms with Crippen LogP contribution in [0.5, 0.6) is 0 Å². The zero-order valence-corrected chi connectivity index (χ0v) is 5.09. The van der Waals surface area contributed by atoms with E-state index in [4.69, 9.17) is 4.74 Å². The molecule has 48 valence electrons. The van der Waals surface area contributed by atoms with Crippen LogP contribution in [0.15, 0.2) is 24.5 Å². The number of carbonyl (C=O) groups is 1. The second kappa shape index (κ2) is 2.49. The molecule has 0 aromatic heterocycles. The fourth-order valence-corrected chi connectivity index (χ4v) is 0.722. The summed E-state index contributed by atoms with van der Waals surface area (Å²) in [5, 5.41) is 0. The number of cyclic esters (lactones) is 1. The summed E-state index contributed by atoms with van der Waals surface area (Å²) in [6.45, 7) is 3.48. The van der Waals surface area contributed by atoms with E-state index in [0.29, 0.717) is 6.42 Å². The van der Waals surface area contributed by atoms with Crippen LogP contribution in [0, 0.1) is 0 Å². The molecular formula is C7H8O2. The molecule has 0 spiro atoms. The summed E-state index contributed by atoms with van der Waals surface area (Å²) < 4.78 is 4.75. The van der Waals surface area contributed by atoms with Crippen LogP contribution in [0.25, 0.3) is 0 Å². The first-order chi connectivity index (χ1) is 4.33. The van der Waals surface area contributed by atoms with Crippen molar-refractivity contribution in [2.75, 3.05) is 0 Å². The van der Waals surface area contributed by atoms with Crippen LogP contribution >= 0.6 is 0 Å². The first kappa shape index (κ1) is 6.08. The Morgan fingerprint density at radius 2 is 2.33 bits per heavy atom. The van der Waals surface area contributed by atoms with Gasteiger partial charge in [0.25, 0.3) is 0 Å². The van der Waals surface area contributed by atoms with E-state index in [1.54, 1.807) is 12.2 Å². The third-order valence-electron chi connectivity index (χ3n) is 1.12. The maximum absolute atomic E-state index is 10.4. The Labute approximate surface area is 53.8 Å². The highest BCUT2D eigenvalue weighted by atomic mass is 16.5. The number of carbonyl (C=O) groups excluding carboxylic acids is 1. The first-order valence-electron chi connectivity index (χ1n) is 2.85. The minimum atomic E-state index is -0.136. The zero-order valence-electron chi connectivity index (χ0n) is 5.09. The lowest BCUT2D eigenvalue weighted by atomic mass is 10.3. The van der Waals surface area contributed by atoms with Gasteiger partial charge in [0.15, 0.2) is 0 Å². The molecule has 2 heteroatoms. The number of ether oxygens (including phenoxy) is 1. The van der Waals surface area contributed by atoms with Crippen molar-refractivity contribution in [1.29, 1.82) is 0 Å². The highest BCUT2D eigenvalue weighted by Crippen LogP contribution is 2.16. The molecule has 0 unspecified atom stereocenters. The summed E-state index contributed by atoms with van der Waals surface area (Å²) in [7, 11) is 0. The monoisotopic (exact) mass is 124 g/mol. The van der Waals surface area contributed by atoms with Gasteiger partial charge in [0.05, 0.1) is 6.42 Å². The Morgan fingerprint density at radius 1 is 1.56 bits per heavy atom. The molecule has 0 aliphatic carbocycles. The second-order valence-corrected chi connectivity index (χ2v) is 1.84. The van der Waals surface area contributed by atoms with Crippen molar-refractivity contribution < 1.29 is 9.53 Å². The van der Waals surface area contributed by atoms with E-state index in [1.165, 1.54) is 0 Å². The molecule has 1 fully saturated rings. The van der Waals surface area contributed by atoms with Crippen molar-refractivity contribution in [2.45, 2.75) is 12.8 Å². The third kappa shape index (κ3) is 1.42. The summed E-state index contributed by atoms with van der Waals surface area (Å²) in [5.74, 6) is 0.595. The average Bonchev–Trinajstić information content (AvgIpc) is 2.17. The van der Waals surface area contributed by atoms with E-state index in [-0.39, 0.29) is 5.97 Å². The van der Waals surface area contributed by atoms with Crippen LogP contribution in [-0.4, -0.2) is 5.97 Å². The van der Waals surface area contributed by atoms with Crippen molar-refractivity contribution in [3.8, 4) is 0 Å². The average molecular weight is 124 g/mol. The molecule has 0 aromatic rings. The minimum absolute atomic E-state index is 0.136. The molecule has 9 heavy (non-hydrogen) atoms. The van der Waals surface area contributed by atoms with Crippen molar-refractivity contribution in [1.82, 2.24) is 0 Å². The van der Waals surface area contributed by atoms with Gasteiger partial charge in [-0.05, 0) is 6.08 Å². The normalized spacial score (nSPS) is 22.2. The van der Waals surface area contributed by atoms with Gasteiger partial charge < -0.3 is 4.74 Å². The number of hydrogen-bond donors (Lipinski definition) is 0. The highest BCUT2D eigenvalue weighted by Gasteiger charge is 2.15. The van der Waals surface area contributed by atoms with Gasteiger partial charge >= 0.3 is 5.97 Å².